The van der Waals surface area contributed by atoms with Crippen LogP contribution in [0.15, 0.2) is 12.7 Å². The molecule has 0 spiro atoms. The lowest BCUT2D eigenvalue weighted by molar-refractivity contribution is 0.565. The molecule has 0 unspecified atom stereocenters. The molecule has 1 N–H and O–H groups in total. The molecule has 1 aromatic heterocycles. The predicted molar refractivity (Wildman–Crippen MR) is 78.0 cm³/mol. The van der Waals surface area contributed by atoms with E-state index in [9.17, 15) is 0 Å². The van der Waals surface area contributed by atoms with Crippen LogP contribution in [0.1, 0.15) is 43.1 Å². The van der Waals surface area contributed by atoms with E-state index in [1.807, 2.05) is 6.08 Å². The molecule has 0 aliphatic rings. The number of hydrogen-bond donors (Lipinski definition) is 1. The van der Waals surface area contributed by atoms with Gasteiger partial charge < -0.3 is 5.32 Å². The van der Waals surface area contributed by atoms with Gasteiger partial charge in [-0.1, -0.05) is 13.0 Å². The largest absolute Gasteiger partial charge is 0.316 e. The molecule has 3 nitrogen and oxygen atoms in total. The van der Waals surface area contributed by atoms with Crippen LogP contribution in [0.5, 0.6) is 0 Å². The minimum absolute atomic E-state index is 1.00. The van der Waals surface area contributed by atoms with Crippen molar-refractivity contribution in [2.24, 2.45) is 0 Å². The van der Waals surface area contributed by atoms with Crippen LogP contribution in [0.25, 0.3) is 0 Å². The minimum Gasteiger partial charge on any atom is -0.316 e. The molecule has 0 aliphatic carbocycles. The van der Waals surface area contributed by atoms with Crippen LogP contribution in [0.4, 0.5) is 0 Å². The van der Waals surface area contributed by atoms with Crippen molar-refractivity contribution in [1.29, 1.82) is 0 Å². The fraction of sp³-hybridized carbons (Fsp3) is 0.667. The fourth-order valence-corrected chi connectivity index (χ4v) is 2.21. The first-order valence-corrected chi connectivity index (χ1v) is 7.05. The zero-order chi connectivity index (χ0) is 13.4. The summed E-state index contributed by atoms with van der Waals surface area (Å²) in [5.74, 6) is 0. The highest BCUT2D eigenvalue weighted by Crippen LogP contribution is 2.14. The normalized spacial score (nSPS) is 10.8. The highest BCUT2D eigenvalue weighted by Gasteiger charge is 2.10. The highest BCUT2D eigenvalue weighted by atomic mass is 15.3. The summed E-state index contributed by atoms with van der Waals surface area (Å²) in [6.45, 7) is 13.4. The Hall–Kier alpha value is -1.09. The second-order valence-corrected chi connectivity index (χ2v) is 4.80. The number of nitrogens with one attached hydrogen (secondary N) is 1. The van der Waals surface area contributed by atoms with Crippen molar-refractivity contribution < 1.29 is 0 Å². The molecule has 1 rings (SSSR count). The zero-order valence-corrected chi connectivity index (χ0v) is 12.1. The van der Waals surface area contributed by atoms with E-state index in [2.05, 4.69) is 42.4 Å². The number of rotatable bonds is 9. The Morgan fingerprint density at radius 3 is 2.78 bits per heavy atom. The Bertz CT molecular complexity index is 366. The van der Waals surface area contributed by atoms with Crippen molar-refractivity contribution in [3.63, 3.8) is 0 Å². The summed E-state index contributed by atoms with van der Waals surface area (Å²) in [6, 6.07) is 0. The maximum atomic E-state index is 4.64. The SMILES string of the molecule is C=CCCCn1nc(C)c(CCNCCC)c1C. The highest BCUT2D eigenvalue weighted by molar-refractivity contribution is 5.24. The average Bonchev–Trinajstić information content (AvgIpc) is 2.62. The number of aromatic nitrogens is 2. The third-order valence-corrected chi connectivity index (χ3v) is 3.29. The van der Waals surface area contributed by atoms with Crippen molar-refractivity contribution in [2.45, 2.75) is 53.0 Å². The molecule has 0 aromatic carbocycles. The van der Waals surface area contributed by atoms with E-state index in [1.165, 1.54) is 23.4 Å². The molecule has 3 heteroatoms. The Morgan fingerprint density at radius 1 is 1.33 bits per heavy atom. The van der Waals surface area contributed by atoms with Crippen molar-refractivity contribution >= 4 is 0 Å². The van der Waals surface area contributed by atoms with Gasteiger partial charge in [0.15, 0.2) is 0 Å². The summed E-state index contributed by atoms with van der Waals surface area (Å²) < 4.78 is 2.15. The minimum atomic E-state index is 1.00. The molecular weight excluding hydrogens is 222 g/mol. The predicted octanol–water partition coefficient (Wildman–Crippen LogP) is 3.01. The molecule has 1 heterocycles. The van der Waals surface area contributed by atoms with E-state index in [4.69, 9.17) is 0 Å². The number of hydrogen-bond acceptors (Lipinski definition) is 2. The lowest BCUT2D eigenvalue weighted by Crippen LogP contribution is -2.18. The topological polar surface area (TPSA) is 29.9 Å². The number of allylic oxidation sites excluding steroid dienone is 1. The Kier molecular flexibility index (Phi) is 6.73. The Morgan fingerprint density at radius 2 is 2.11 bits per heavy atom. The van der Waals surface area contributed by atoms with Crippen LogP contribution in [0, 0.1) is 13.8 Å². The summed E-state index contributed by atoms with van der Waals surface area (Å²) in [6.07, 6.45) is 6.43. The first-order valence-electron chi connectivity index (χ1n) is 7.05. The van der Waals surface area contributed by atoms with E-state index >= 15 is 0 Å². The summed E-state index contributed by atoms with van der Waals surface area (Å²) >= 11 is 0. The average molecular weight is 249 g/mol. The fourth-order valence-electron chi connectivity index (χ4n) is 2.21. The van der Waals surface area contributed by atoms with Gasteiger partial charge in [-0.15, -0.1) is 6.58 Å². The van der Waals surface area contributed by atoms with E-state index in [-0.39, 0.29) is 0 Å². The third kappa shape index (κ3) is 4.30. The van der Waals surface area contributed by atoms with E-state index in [1.54, 1.807) is 0 Å². The van der Waals surface area contributed by atoms with Crippen LogP contribution in [0.3, 0.4) is 0 Å². The van der Waals surface area contributed by atoms with Crippen LogP contribution >= 0.6 is 0 Å². The molecule has 0 amide bonds. The van der Waals surface area contributed by atoms with Gasteiger partial charge in [0.1, 0.15) is 0 Å². The van der Waals surface area contributed by atoms with E-state index in [0.717, 1.165) is 38.9 Å². The molecule has 18 heavy (non-hydrogen) atoms. The van der Waals surface area contributed by atoms with Crippen molar-refractivity contribution in [3.8, 4) is 0 Å². The van der Waals surface area contributed by atoms with E-state index in [0.29, 0.717) is 0 Å². The zero-order valence-electron chi connectivity index (χ0n) is 12.1. The third-order valence-electron chi connectivity index (χ3n) is 3.29. The van der Waals surface area contributed by atoms with Gasteiger partial charge in [0.2, 0.25) is 0 Å². The molecule has 1 aromatic rings. The Labute approximate surface area is 111 Å². The number of aryl methyl sites for hydroxylation is 2. The maximum absolute atomic E-state index is 4.64. The smallest absolute Gasteiger partial charge is 0.0628 e. The van der Waals surface area contributed by atoms with Crippen LogP contribution in [-0.4, -0.2) is 22.9 Å². The second kappa shape index (κ2) is 8.09. The van der Waals surface area contributed by atoms with Crippen LogP contribution < -0.4 is 5.32 Å². The van der Waals surface area contributed by atoms with Gasteiger partial charge in [-0.3, -0.25) is 4.68 Å². The number of nitrogens with zero attached hydrogens (tertiary/aromatic N) is 2. The maximum Gasteiger partial charge on any atom is 0.0628 e. The van der Waals surface area contributed by atoms with Gasteiger partial charge in [0.05, 0.1) is 5.69 Å². The molecule has 0 radical (unpaired) electrons. The Balaban J connectivity index is 2.54. The second-order valence-electron chi connectivity index (χ2n) is 4.80. The van der Waals surface area contributed by atoms with Gasteiger partial charge in [0.25, 0.3) is 0 Å². The van der Waals surface area contributed by atoms with Gasteiger partial charge >= 0.3 is 0 Å². The van der Waals surface area contributed by atoms with Gasteiger partial charge in [-0.05, 0) is 58.2 Å². The molecule has 0 saturated carbocycles. The van der Waals surface area contributed by atoms with Crippen LogP contribution in [0.2, 0.25) is 0 Å². The van der Waals surface area contributed by atoms with Crippen molar-refractivity contribution in [1.82, 2.24) is 15.1 Å². The van der Waals surface area contributed by atoms with Gasteiger partial charge in [-0.25, -0.2) is 0 Å². The molecule has 0 atom stereocenters. The standard InChI is InChI=1S/C15H27N3/c1-5-7-8-12-18-14(4)15(13(3)17-18)9-11-16-10-6-2/h5,16H,1,6-12H2,2-4H3. The summed E-state index contributed by atoms with van der Waals surface area (Å²) in [7, 11) is 0. The first kappa shape index (κ1) is 15.0. The number of unbranched alkanes of at least 4 members (excludes halogenated alkanes) is 1. The molecule has 0 aliphatic heterocycles. The van der Waals surface area contributed by atoms with E-state index < -0.39 is 0 Å². The molecule has 0 bridgehead atoms. The molecular formula is C15H27N3. The van der Waals surface area contributed by atoms with Crippen molar-refractivity contribution in [2.75, 3.05) is 13.1 Å². The molecule has 0 saturated heterocycles. The quantitative estimate of drug-likeness (QED) is 0.538. The molecule has 0 fully saturated rings. The molecule has 102 valence electrons. The van der Waals surface area contributed by atoms with Gasteiger partial charge in [-0.2, -0.15) is 5.10 Å². The summed E-state index contributed by atoms with van der Waals surface area (Å²) in [5, 5.41) is 8.08. The monoisotopic (exact) mass is 249 g/mol. The summed E-state index contributed by atoms with van der Waals surface area (Å²) in [5.41, 5.74) is 3.93. The van der Waals surface area contributed by atoms with Crippen LogP contribution in [-0.2, 0) is 13.0 Å². The van der Waals surface area contributed by atoms with Crippen molar-refractivity contribution in [3.05, 3.63) is 29.6 Å². The lowest BCUT2D eigenvalue weighted by Gasteiger charge is -2.05. The lowest BCUT2D eigenvalue weighted by atomic mass is 10.1. The van der Waals surface area contributed by atoms with Gasteiger partial charge in [0, 0.05) is 12.2 Å². The summed E-state index contributed by atoms with van der Waals surface area (Å²) in [4.78, 5) is 0. The first-order chi connectivity index (χ1) is 8.70.